The predicted octanol–water partition coefficient (Wildman–Crippen LogP) is 2.24. The van der Waals surface area contributed by atoms with Gasteiger partial charge < -0.3 is 4.74 Å². The summed E-state index contributed by atoms with van der Waals surface area (Å²) in [7, 11) is 0. The zero-order valence-electron chi connectivity index (χ0n) is 8.89. The van der Waals surface area contributed by atoms with Crippen molar-refractivity contribution < 1.29 is 14.3 Å². The van der Waals surface area contributed by atoms with Gasteiger partial charge in [-0.15, -0.1) is 0 Å². The van der Waals surface area contributed by atoms with E-state index >= 15 is 0 Å². The van der Waals surface area contributed by atoms with Crippen molar-refractivity contribution in [3.05, 3.63) is 11.6 Å². The Balaban J connectivity index is 4.59. The standard InChI is InChI=1S/C10H15BrO3/c1-5-7(8(12)6-11)9(13)14-10(2,3)4/h5H,6H2,1-4H3/b7-5-. The van der Waals surface area contributed by atoms with Crippen molar-refractivity contribution in [2.24, 2.45) is 0 Å². The molecule has 0 fully saturated rings. The smallest absolute Gasteiger partial charge is 0.341 e. The minimum atomic E-state index is -0.571. The SMILES string of the molecule is C/C=C(/C(=O)CBr)C(=O)OC(C)(C)C. The van der Waals surface area contributed by atoms with Crippen molar-refractivity contribution in [3.8, 4) is 0 Å². The maximum atomic E-state index is 11.5. The van der Waals surface area contributed by atoms with Gasteiger partial charge in [-0.2, -0.15) is 0 Å². The van der Waals surface area contributed by atoms with Crippen LogP contribution in [0.5, 0.6) is 0 Å². The monoisotopic (exact) mass is 262 g/mol. The van der Waals surface area contributed by atoms with Crippen LogP contribution in [0, 0.1) is 0 Å². The van der Waals surface area contributed by atoms with Gasteiger partial charge in [0, 0.05) is 0 Å². The summed E-state index contributed by atoms with van der Waals surface area (Å²) in [5.74, 6) is -0.828. The lowest BCUT2D eigenvalue weighted by molar-refractivity contribution is -0.150. The molecular formula is C10H15BrO3. The number of ketones is 1. The van der Waals surface area contributed by atoms with Crippen LogP contribution >= 0.6 is 15.9 Å². The van der Waals surface area contributed by atoms with E-state index in [9.17, 15) is 9.59 Å². The van der Waals surface area contributed by atoms with Crippen LogP contribution < -0.4 is 0 Å². The number of hydrogen-bond donors (Lipinski definition) is 0. The molecule has 0 aromatic carbocycles. The maximum absolute atomic E-state index is 11.5. The molecule has 0 heterocycles. The molecule has 0 bridgehead atoms. The summed E-state index contributed by atoms with van der Waals surface area (Å²) in [6.45, 7) is 6.92. The molecule has 0 atom stereocenters. The van der Waals surface area contributed by atoms with Gasteiger partial charge in [-0.05, 0) is 27.7 Å². The number of allylic oxidation sites excluding steroid dienone is 1. The van der Waals surface area contributed by atoms with Gasteiger partial charge in [0.2, 0.25) is 0 Å². The van der Waals surface area contributed by atoms with Crippen molar-refractivity contribution in [3.63, 3.8) is 0 Å². The third-order valence-corrected chi connectivity index (χ3v) is 1.84. The molecule has 14 heavy (non-hydrogen) atoms. The molecule has 0 unspecified atom stereocenters. The maximum Gasteiger partial charge on any atom is 0.341 e. The fourth-order valence-electron chi connectivity index (χ4n) is 0.798. The highest BCUT2D eigenvalue weighted by molar-refractivity contribution is 9.09. The summed E-state index contributed by atoms with van der Waals surface area (Å²) >= 11 is 3.01. The number of ether oxygens (including phenoxy) is 1. The first kappa shape index (κ1) is 13.4. The summed E-state index contributed by atoms with van der Waals surface area (Å²) in [4.78, 5) is 22.7. The molecule has 0 spiro atoms. The van der Waals surface area contributed by atoms with Crippen LogP contribution in [0.1, 0.15) is 27.7 Å². The van der Waals surface area contributed by atoms with Crippen molar-refractivity contribution in [1.82, 2.24) is 0 Å². The second-order valence-electron chi connectivity index (χ2n) is 3.76. The van der Waals surface area contributed by atoms with E-state index in [-0.39, 0.29) is 16.7 Å². The number of carbonyl (C=O) groups excluding carboxylic acids is 2. The Labute approximate surface area is 92.6 Å². The van der Waals surface area contributed by atoms with Gasteiger partial charge in [0.05, 0.1) is 10.9 Å². The number of Topliss-reactive ketones (excluding diaryl/α,β-unsaturated/α-hetero) is 1. The lowest BCUT2D eigenvalue weighted by Gasteiger charge is -2.19. The number of halogens is 1. The largest absolute Gasteiger partial charge is 0.456 e. The second-order valence-corrected chi connectivity index (χ2v) is 4.32. The molecule has 0 rings (SSSR count). The van der Waals surface area contributed by atoms with Gasteiger partial charge in [-0.1, -0.05) is 22.0 Å². The fraction of sp³-hybridized carbons (Fsp3) is 0.600. The van der Waals surface area contributed by atoms with E-state index in [1.54, 1.807) is 27.7 Å². The molecule has 0 aliphatic carbocycles. The van der Waals surface area contributed by atoms with E-state index in [2.05, 4.69) is 15.9 Å². The Kier molecular flexibility index (Phi) is 5.05. The van der Waals surface area contributed by atoms with Gasteiger partial charge in [0.25, 0.3) is 0 Å². The van der Waals surface area contributed by atoms with Gasteiger partial charge in [-0.25, -0.2) is 4.79 Å². The molecular weight excluding hydrogens is 248 g/mol. The summed E-state index contributed by atoms with van der Waals surface area (Å²) in [6.07, 6.45) is 1.47. The van der Waals surface area contributed by atoms with Crippen LogP contribution in [0.15, 0.2) is 11.6 Å². The highest BCUT2D eigenvalue weighted by Gasteiger charge is 2.23. The van der Waals surface area contributed by atoms with Crippen molar-refractivity contribution in [2.75, 3.05) is 5.33 Å². The number of rotatable bonds is 3. The molecule has 0 aromatic rings. The summed E-state index contributed by atoms with van der Waals surface area (Å²) < 4.78 is 5.06. The van der Waals surface area contributed by atoms with Gasteiger partial charge in [0.15, 0.2) is 5.78 Å². The number of carbonyl (C=O) groups is 2. The van der Waals surface area contributed by atoms with E-state index in [1.165, 1.54) is 6.08 Å². The highest BCUT2D eigenvalue weighted by Crippen LogP contribution is 2.12. The topological polar surface area (TPSA) is 43.4 Å². The molecule has 0 aromatic heterocycles. The van der Waals surface area contributed by atoms with Gasteiger partial charge in [-0.3, -0.25) is 4.79 Å². The summed E-state index contributed by atoms with van der Waals surface area (Å²) in [6, 6.07) is 0. The van der Waals surface area contributed by atoms with E-state index in [4.69, 9.17) is 4.74 Å². The molecule has 0 N–H and O–H groups in total. The molecule has 0 saturated carbocycles. The van der Waals surface area contributed by atoms with Crippen LogP contribution in [0.2, 0.25) is 0 Å². The fourth-order valence-corrected chi connectivity index (χ4v) is 1.10. The van der Waals surface area contributed by atoms with Crippen molar-refractivity contribution in [1.29, 1.82) is 0 Å². The first-order valence-corrected chi connectivity index (χ1v) is 5.42. The average Bonchev–Trinajstić information content (AvgIpc) is 2.01. The summed E-state index contributed by atoms with van der Waals surface area (Å²) in [5, 5.41) is 0.131. The van der Waals surface area contributed by atoms with Crippen molar-refractivity contribution in [2.45, 2.75) is 33.3 Å². The normalized spacial score (nSPS) is 12.5. The molecule has 0 aliphatic rings. The van der Waals surface area contributed by atoms with Gasteiger partial charge >= 0.3 is 5.97 Å². The Morgan fingerprint density at radius 2 is 1.86 bits per heavy atom. The van der Waals surface area contributed by atoms with Crippen LogP contribution in [0.25, 0.3) is 0 Å². The van der Waals surface area contributed by atoms with Crippen LogP contribution in [-0.2, 0) is 14.3 Å². The first-order valence-electron chi connectivity index (χ1n) is 4.30. The van der Waals surface area contributed by atoms with E-state index < -0.39 is 11.6 Å². The number of hydrogen-bond acceptors (Lipinski definition) is 3. The second kappa shape index (κ2) is 5.29. The Morgan fingerprint density at radius 3 is 2.14 bits per heavy atom. The molecule has 3 nitrogen and oxygen atoms in total. The molecule has 4 heteroatoms. The third kappa shape index (κ3) is 4.56. The van der Waals surface area contributed by atoms with E-state index in [0.717, 1.165) is 0 Å². The minimum absolute atomic E-state index is 0.0943. The highest BCUT2D eigenvalue weighted by atomic mass is 79.9. The van der Waals surface area contributed by atoms with Crippen LogP contribution in [0.3, 0.4) is 0 Å². The third-order valence-electron chi connectivity index (χ3n) is 1.33. The minimum Gasteiger partial charge on any atom is -0.456 e. The Bertz CT molecular complexity index is 261. The zero-order valence-corrected chi connectivity index (χ0v) is 10.5. The quantitative estimate of drug-likeness (QED) is 0.258. The average molecular weight is 263 g/mol. The predicted molar refractivity (Wildman–Crippen MR) is 58.4 cm³/mol. The molecule has 80 valence electrons. The van der Waals surface area contributed by atoms with Gasteiger partial charge in [0.1, 0.15) is 5.60 Å². The molecule has 0 saturated heterocycles. The van der Waals surface area contributed by atoms with E-state index in [0.29, 0.717) is 0 Å². The molecule has 0 aliphatic heterocycles. The van der Waals surface area contributed by atoms with Crippen LogP contribution in [0.4, 0.5) is 0 Å². The lowest BCUT2D eigenvalue weighted by Crippen LogP contribution is -2.27. The van der Waals surface area contributed by atoms with E-state index in [1.807, 2.05) is 0 Å². The first-order chi connectivity index (χ1) is 6.31. The summed E-state index contributed by atoms with van der Waals surface area (Å²) in [5.41, 5.74) is -0.477. The molecule has 0 radical (unpaired) electrons. The number of alkyl halides is 1. The van der Waals surface area contributed by atoms with Crippen molar-refractivity contribution >= 4 is 27.7 Å². The zero-order chi connectivity index (χ0) is 11.4. The molecule has 0 amide bonds. The lowest BCUT2D eigenvalue weighted by atomic mass is 10.1. The Morgan fingerprint density at radius 1 is 1.36 bits per heavy atom. The number of esters is 1. The van der Waals surface area contributed by atoms with Crippen LogP contribution in [-0.4, -0.2) is 22.7 Å². The Hall–Kier alpha value is -0.640.